The number of rotatable bonds is 8. The van der Waals surface area contributed by atoms with Crippen LogP contribution >= 0.6 is 0 Å². The molecule has 0 spiro atoms. The van der Waals surface area contributed by atoms with Gasteiger partial charge in [-0.15, -0.1) is 0 Å². The molecule has 0 aliphatic carbocycles. The van der Waals surface area contributed by atoms with Crippen LogP contribution in [0.5, 0.6) is 17.2 Å². The summed E-state index contributed by atoms with van der Waals surface area (Å²) in [5.74, 6) is -0.0318. The molecule has 0 bridgehead atoms. The Morgan fingerprint density at radius 1 is 0.833 bits per heavy atom. The van der Waals surface area contributed by atoms with E-state index >= 15 is 0 Å². The molecule has 1 heterocycles. The first-order valence-electron chi connectivity index (χ1n) is 11.3. The van der Waals surface area contributed by atoms with Crippen LogP contribution in [0.4, 0.5) is 17.1 Å². The fraction of sp³-hybridized carbons (Fsp3) is 0.222. The molecular weight excluding hydrogens is 462 g/mol. The number of methoxy groups -OCH3 is 3. The molecule has 36 heavy (non-hydrogen) atoms. The van der Waals surface area contributed by atoms with Crippen molar-refractivity contribution in [2.45, 2.75) is 6.42 Å². The summed E-state index contributed by atoms with van der Waals surface area (Å²) >= 11 is 0. The zero-order valence-corrected chi connectivity index (χ0v) is 20.2. The Hall–Kier alpha value is -4.53. The van der Waals surface area contributed by atoms with Gasteiger partial charge in [0.05, 0.1) is 38.6 Å². The first-order valence-corrected chi connectivity index (χ1v) is 11.3. The maximum Gasteiger partial charge on any atom is 0.255 e. The molecule has 0 unspecified atom stereocenters. The minimum absolute atomic E-state index is 0.0771. The molecule has 1 aliphatic rings. The van der Waals surface area contributed by atoms with E-state index in [1.807, 2.05) is 6.07 Å². The Morgan fingerprint density at radius 2 is 1.50 bits per heavy atom. The van der Waals surface area contributed by atoms with Crippen LogP contribution in [-0.2, 0) is 9.59 Å². The SMILES string of the molecule is COc1cccc(N2C[C@@H](C(=O)Nc3cc(OC)c(NC(=O)c4ccccc4)cc3OC)CC2=O)c1. The fourth-order valence-electron chi connectivity index (χ4n) is 4.02. The summed E-state index contributed by atoms with van der Waals surface area (Å²) in [6.07, 6.45) is 0.0771. The van der Waals surface area contributed by atoms with Gasteiger partial charge < -0.3 is 29.7 Å². The molecule has 3 aromatic rings. The van der Waals surface area contributed by atoms with E-state index < -0.39 is 5.92 Å². The predicted octanol–water partition coefficient (Wildman–Crippen LogP) is 3.96. The average molecular weight is 490 g/mol. The van der Waals surface area contributed by atoms with Gasteiger partial charge in [-0.2, -0.15) is 0 Å². The highest BCUT2D eigenvalue weighted by molar-refractivity contribution is 6.06. The third-order valence-corrected chi connectivity index (χ3v) is 5.92. The third kappa shape index (κ3) is 5.25. The van der Waals surface area contributed by atoms with Crippen molar-refractivity contribution in [3.05, 3.63) is 72.3 Å². The smallest absolute Gasteiger partial charge is 0.255 e. The predicted molar refractivity (Wildman–Crippen MR) is 136 cm³/mol. The van der Waals surface area contributed by atoms with Crippen molar-refractivity contribution in [3.63, 3.8) is 0 Å². The Kier molecular flexibility index (Phi) is 7.39. The molecule has 9 heteroatoms. The molecule has 1 saturated heterocycles. The highest BCUT2D eigenvalue weighted by Gasteiger charge is 2.35. The van der Waals surface area contributed by atoms with Crippen molar-refractivity contribution in [3.8, 4) is 17.2 Å². The molecule has 4 rings (SSSR count). The zero-order valence-electron chi connectivity index (χ0n) is 20.2. The molecule has 1 atom stereocenters. The summed E-state index contributed by atoms with van der Waals surface area (Å²) in [5.41, 5.74) is 1.92. The van der Waals surface area contributed by atoms with Gasteiger partial charge in [0.1, 0.15) is 17.2 Å². The van der Waals surface area contributed by atoms with E-state index in [2.05, 4.69) is 10.6 Å². The van der Waals surface area contributed by atoms with Crippen LogP contribution in [-0.4, -0.2) is 45.6 Å². The summed E-state index contributed by atoms with van der Waals surface area (Å²) in [7, 11) is 4.48. The molecule has 3 aromatic carbocycles. The van der Waals surface area contributed by atoms with Crippen molar-refractivity contribution < 1.29 is 28.6 Å². The highest BCUT2D eigenvalue weighted by atomic mass is 16.5. The largest absolute Gasteiger partial charge is 0.497 e. The second-order valence-electron chi connectivity index (χ2n) is 8.17. The van der Waals surface area contributed by atoms with Crippen molar-refractivity contribution in [2.24, 2.45) is 5.92 Å². The van der Waals surface area contributed by atoms with Crippen LogP contribution in [0, 0.1) is 5.92 Å². The average Bonchev–Trinajstić information content (AvgIpc) is 3.31. The van der Waals surface area contributed by atoms with Crippen molar-refractivity contribution in [2.75, 3.05) is 43.4 Å². The van der Waals surface area contributed by atoms with Crippen molar-refractivity contribution in [1.29, 1.82) is 0 Å². The number of anilines is 3. The number of hydrogen-bond acceptors (Lipinski definition) is 6. The van der Waals surface area contributed by atoms with Crippen LogP contribution < -0.4 is 29.7 Å². The normalized spacial score (nSPS) is 14.8. The number of nitrogens with one attached hydrogen (secondary N) is 2. The minimum atomic E-state index is -0.558. The quantitative estimate of drug-likeness (QED) is 0.496. The number of carbonyl (C=O) groups excluding carboxylic acids is 3. The number of hydrogen-bond donors (Lipinski definition) is 2. The summed E-state index contributed by atoms with van der Waals surface area (Å²) in [6.45, 7) is 0.239. The Labute approximate surface area is 209 Å². The van der Waals surface area contributed by atoms with Gasteiger partial charge in [-0.25, -0.2) is 0 Å². The van der Waals surface area contributed by atoms with Gasteiger partial charge in [0.25, 0.3) is 5.91 Å². The lowest BCUT2D eigenvalue weighted by molar-refractivity contribution is -0.122. The van der Waals surface area contributed by atoms with E-state index in [1.165, 1.54) is 14.2 Å². The van der Waals surface area contributed by atoms with Crippen LogP contribution in [0.25, 0.3) is 0 Å². The third-order valence-electron chi connectivity index (χ3n) is 5.92. The number of benzene rings is 3. The fourth-order valence-corrected chi connectivity index (χ4v) is 4.02. The maximum absolute atomic E-state index is 13.1. The Bertz CT molecular complexity index is 1280. The molecule has 2 N–H and O–H groups in total. The van der Waals surface area contributed by atoms with Gasteiger partial charge in [0.2, 0.25) is 11.8 Å². The summed E-state index contributed by atoms with van der Waals surface area (Å²) in [4.78, 5) is 39.9. The maximum atomic E-state index is 13.1. The van der Waals surface area contributed by atoms with Crippen molar-refractivity contribution in [1.82, 2.24) is 0 Å². The van der Waals surface area contributed by atoms with Gasteiger partial charge in [0.15, 0.2) is 0 Å². The van der Waals surface area contributed by atoms with Gasteiger partial charge in [0, 0.05) is 42.4 Å². The second kappa shape index (κ2) is 10.8. The van der Waals surface area contributed by atoms with E-state index in [0.717, 1.165) is 0 Å². The van der Waals surface area contributed by atoms with E-state index in [9.17, 15) is 14.4 Å². The molecule has 186 valence electrons. The summed E-state index contributed by atoms with van der Waals surface area (Å²) in [5, 5.41) is 5.65. The Morgan fingerprint density at radius 3 is 2.14 bits per heavy atom. The lowest BCUT2D eigenvalue weighted by atomic mass is 10.1. The van der Waals surface area contributed by atoms with E-state index in [4.69, 9.17) is 14.2 Å². The minimum Gasteiger partial charge on any atom is -0.497 e. The molecule has 3 amide bonds. The van der Waals surface area contributed by atoms with Gasteiger partial charge in [-0.3, -0.25) is 14.4 Å². The van der Waals surface area contributed by atoms with Crippen LogP contribution in [0.2, 0.25) is 0 Å². The lowest BCUT2D eigenvalue weighted by Crippen LogP contribution is -2.28. The Balaban J connectivity index is 1.50. The first kappa shape index (κ1) is 24.6. The molecule has 1 aliphatic heterocycles. The molecule has 0 aromatic heterocycles. The van der Waals surface area contributed by atoms with Gasteiger partial charge in [-0.1, -0.05) is 24.3 Å². The summed E-state index contributed by atoms with van der Waals surface area (Å²) < 4.78 is 16.1. The van der Waals surface area contributed by atoms with E-state index in [1.54, 1.807) is 72.7 Å². The van der Waals surface area contributed by atoms with Gasteiger partial charge >= 0.3 is 0 Å². The molecular formula is C27H27N3O6. The van der Waals surface area contributed by atoms with Crippen LogP contribution in [0.1, 0.15) is 16.8 Å². The highest BCUT2D eigenvalue weighted by Crippen LogP contribution is 2.37. The number of nitrogens with zero attached hydrogens (tertiary/aromatic N) is 1. The standard InChI is InChI=1S/C27H27N3O6/c1-34-20-11-7-10-19(13-20)30-16-18(12-25(30)31)27(33)29-22-15-23(35-2)21(14-24(22)36-3)28-26(32)17-8-5-4-6-9-17/h4-11,13-15,18H,12,16H2,1-3H3,(H,28,32)(H,29,33)/t18-/m0/s1. The summed E-state index contributed by atoms with van der Waals surface area (Å²) in [6, 6.07) is 19.1. The van der Waals surface area contributed by atoms with E-state index in [0.29, 0.717) is 39.9 Å². The lowest BCUT2D eigenvalue weighted by Gasteiger charge is -2.19. The van der Waals surface area contributed by atoms with E-state index in [-0.39, 0.29) is 30.7 Å². The zero-order chi connectivity index (χ0) is 25.7. The molecule has 1 fully saturated rings. The first-order chi connectivity index (χ1) is 17.4. The number of amides is 3. The van der Waals surface area contributed by atoms with Gasteiger partial charge in [-0.05, 0) is 24.3 Å². The van der Waals surface area contributed by atoms with Crippen LogP contribution in [0.3, 0.4) is 0 Å². The molecule has 0 saturated carbocycles. The second-order valence-corrected chi connectivity index (χ2v) is 8.17. The monoisotopic (exact) mass is 489 g/mol. The number of ether oxygens (including phenoxy) is 3. The van der Waals surface area contributed by atoms with Crippen LogP contribution in [0.15, 0.2) is 66.7 Å². The topological polar surface area (TPSA) is 106 Å². The molecule has 0 radical (unpaired) electrons. The number of carbonyl (C=O) groups is 3. The molecule has 9 nitrogen and oxygen atoms in total. The van der Waals surface area contributed by atoms with Crippen molar-refractivity contribution >= 4 is 34.8 Å².